The van der Waals surface area contributed by atoms with E-state index in [0.29, 0.717) is 18.7 Å². The monoisotopic (exact) mass is 337 g/mol. The normalized spacial score (nSPS) is 10.4. The highest BCUT2D eigenvalue weighted by molar-refractivity contribution is 5.92. The van der Waals surface area contributed by atoms with Crippen molar-refractivity contribution in [2.45, 2.75) is 6.42 Å². The van der Waals surface area contributed by atoms with Crippen molar-refractivity contribution in [2.75, 3.05) is 6.54 Å². The molecule has 126 valence electrons. The summed E-state index contributed by atoms with van der Waals surface area (Å²) in [6.07, 6.45) is 0.574. The van der Waals surface area contributed by atoms with E-state index in [0.717, 1.165) is 5.56 Å². The smallest absolute Gasteiger partial charge is 0.271 e. The van der Waals surface area contributed by atoms with Crippen molar-refractivity contribution in [2.24, 2.45) is 0 Å². The second-order valence-electron chi connectivity index (χ2n) is 5.44. The van der Waals surface area contributed by atoms with Crippen LogP contribution in [-0.2, 0) is 6.42 Å². The Morgan fingerprint density at radius 3 is 2.44 bits per heavy atom. The topological polar surface area (TPSA) is 64.0 Å². The first kappa shape index (κ1) is 16.6. The minimum Gasteiger partial charge on any atom is -0.350 e. The van der Waals surface area contributed by atoms with Crippen molar-refractivity contribution in [3.63, 3.8) is 0 Å². The van der Waals surface area contributed by atoms with Gasteiger partial charge in [-0.2, -0.15) is 9.78 Å². The lowest BCUT2D eigenvalue weighted by atomic mass is 10.1. The Labute approximate surface area is 143 Å². The number of hydrogen-bond donors (Lipinski definition) is 1. The van der Waals surface area contributed by atoms with Gasteiger partial charge in [0.15, 0.2) is 0 Å². The van der Waals surface area contributed by atoms with Crippen molar-refractivity contribution in [3.8, 4) is 5.69 Å². The molecule has 5 nitrogen and oxygen atoms in total. The fraction of sp³-hybridized carbons (Fsp3) is 0.105. The van der Waals surface area contributed by atoms with Crippen LogP contribution in [0.2, 0.25) is 0 Å². The molecule has 0 saturated carbocycles. The molecule has 0 atom stereocenters. The molecule has 0 saturated heterocycles. The third-order valence-corrected chi connectivity index (χ3v) is 3.65. The summed E-state index contributed by atoms with van der Waals surface area (Å²) < 4.78 is 14.1. The van der Waals surface area contributed by atoms with Gasteiger partial charge >= 0.3 is 0 Å². The fourth-order valence-corrected chi connectivity index (χ4v) is 2.35. The quantitative estimate of drug-likeness (QED) is 0.777. The number of hydrogen-bond acceptors (Lipinski definition) is 3. The van der Waals surface area contributed by atoms with Gasteiger partial charge in [-0.3, -0.25) is 9.59 Å². The number of benzene rings is 2. The summed E-state index contributed by atoms with van der Waals surface area (Å²) in [7, 11) is 0. The average Bonchev–Trinajstić information content (AvgIpc) is 2.64. The molecule has 1 amide bonds. The SMILES string of the molecule is O=C(NCCc1ccc(F)cc1)c1ccc(=O)n(-c2ccccc2)n1. The first-order valence-electron chi connectivity index (χ1n) is 7.82. The summed E-state index contributed by atoms with van der Waals surface area (Å²) >= 11 is 0. The molecule has 6 heteroatoms. The minimum atomic E-state index is -0.369. The Morgan fingerprint density at radius 2 is 1.72 bits per heavy atom. The largest absolute Gasteiger partial charge is 0.350 e. The van der Waals surface area contributed by atoms with Crippen LogP contribution in [-0.4, -0.2) is 22.2 Å². The van der Waals surface area contributed by atoms with E-state index in [1.165, 1.54) is 28.9 Å². The molecule has 1 aromatic heterocycles. The summed E-state index contributed by atoms with van der Waals surface area (Å²) in [4.78, 5) is 24.2. The lowest BCUT2D eigenvalue weighted by Gasteiger charge is -2.08. The average molecular weight is 337 g/mol. The van der Waals surface area contributed by atoms with Crippen molar-refractivity contribution < 1.29 is 9.18 Å². The Morgan fingerprint density at radius 1 is 1.00 bits per heavy atom. The molecule has 0 fully saturated rings. The van der Waals surface area contributed by atoms with E-state index in [9.17, 15) is 14.0 Å². The zero-order valence-corrected chi connectivity index (χ0v) is 13.4. The van der Waals surface area contributed by atoms with E-state index >= 15 is 0 Å². The maximum Gasteiger partial charge on any atom is 0.271 e. The van der Waals surface area contributed by atoms with Crippen LogP contribution < -0.4 is 10.9 Å². The van der Waals surface area contributed by atoms with Gasteiger partial charge < -0.3 is 5.32 Å². The lowest BCUT2D eigenvalue weighted by Crippen LogP contribution is -2.30. The first-order valence-corrected chi connectivity index (χ1v) is 7.82. The van der Waals surface area contributed by atoms with E-state index in [1.807, 2.05) is 6.07 Å². The predicted molar refractivity (Wildman–Crippen MR) is 92.3 cm³/mol. The van der Waals surface area contributed by atoms with E-state index in [4.69, 9.17) is 0 Å². The maximum atomic E-state index is 12.9. The standard InChI is InChI=1S/C19H16FN3O2/c20-15-8-6-14(7-9-15)12-13-21-19(25)17-10-11-18(24)23(22-17)16-4-2-1-3-5-16/h1-11H,12-13H2,(H,21,25). The fourth-order valence-electron chi connectivity index (χ4n) is 2.35. The molecular weight excluding hydrogens is 321 g/mol. The van der Waals surface area contributed by atoms with E-state index < -0.39 is 0 Å². The van der Waals surface area contributed by atoms with Crippen molar-refractivity contribution in [1.82, 2.24) is 15.1 Å². The lowest BCUT2D eigenvalue weighted by molar-refractivity contribution is 0.0947. The van der Waals surface area contributed by atoms with Crippen LogP contribution in [0.1, 0.15) is 16.1 Å². The Bertz CT molecular complexity index is 921. The van der Waals surface area contributed by atoms with Gasteiger partial charge in [0, 0.05) is 12.6 Å². The van der Waals surface area contributed by atoms with E-state index in [1.54, 1.807) is 36.4 Å². The molecule has 0 bridgehead atoms. The number of amides is 1. The zero-order chi connectivity index (χ0) is 17.6. The van der Waals surface area contributed by atoms with Gasteiger partial charge in [0.2, 0.25) is 0 Å². The van der Waals surface area contributed by atoms with Crippen LogP contribution in [0.25, 0.3) is 5.69 Å². The second kappa shape index (κ2) is 7.53. The predicted octanol–water partition coefficient (Wildman–Crippen LogP) is 2.34. The summed E-state index contributed by atoms with van der Waals surface area (Å²) in [6.45, 7) is 0.386. The molecule has 0 aliphatic carbocycles. The highest BCUT2D eigenvalue weighted by Gasteiger charge is 2.10. The van der Waals surface area contributed by atoms with Gasteiger partial charge in [0.25, 0.3) is 11.5 Å². The van der Waals surface area contributed by atoms with Crippen LogP contribution in [0, 0.1) is 5.82 Å². The van der Waals surface area contributed by atoms with Gasteiger partial charge in [0.05, 0.1) is 5.69 Å². The molecule has 3 aromatic rings. The van der Waals surface area contributed by atoms with Gasteiger partial charge in [-0.05, 0) is 42.3 Å². The van der Waals surface area contributed by atoms with Crippen LogP contribution in [0.5, 0.6) is 0 Å². The number of nitrogens with one attached hydrogen (secondary N) is 1. The molecular formula is C19H16FN3O2. The number of nitrogens with zero attached hydrogens (tertiary/aromatic N) is 2. The molecule has 1 N–H and O–H groups in total. The minimum absolute atomic E-state index is 0.155. The second-order valence-corrected chi connectivity index (χ2v) is 5.44. The number of para-hydroxylation sites is 1. The first-order chi connectivity index (χ1) is 12.1. The maximum absolute atomic E-state index is 12.9. The van der Waals surface area contributed by atoms with Crippen LogP contribution in [0.3, 0.4) is 0 Å². The highest BCUT2D eigenvalue weighted by atomic mass is 19.1. The molecule has 3 rings (SSSR count). The molecule has 0 radical (unpaired) electrons. The Kier molecular flexibility index (Phi) is 4.99. The van der Waals surface area contributed by atoms with Gasteiger partial charge in [-0.1, -0.05) is 30.3 Å². The number of carbonyl (C=O) groups excluding carboxylic acids is 1. The summed E-state index contributed by atoms with van der Waals surface area (Å²) in [5, 5.41) is 6.87. The molecule has 0 aliphatic heterocycles. The van der Waals surface area contributed by atoms with Gasteiger partial charge in [-0.25, -0.2) is 4.39 Å². The molecule has 25 heavy (non-hydrogen) atoms. The number of carbonyl (C=O) groups is 1. The molecule has 0 unspecified atom stereocenters. The van der Waals surface area contributed by atoms with Crippen LogP contribution in [0.15, 0.2) is 71.5 Å². The van der Waals surface area contributed by atoms with Gasteiger partial charge in [0.1, 0.15) is 11.5 Å². The summed E-state index contributed by atoms with van der Waals surface area (Å²) in [5.41, 5.74) is 1.36. The molecule has 1 heterocycles. The zero-order valence-electron chi connectivity index (χ0n) is 13.4. The third-order valence-electron chi connectivity index (χ3n) is 3.65. The van der Waals surface area contributed by atoms with Crippen molar-refractivity contribution in [3.05, 3.63) is 94.2 Å². The molecule has 2 aromatic carbocycles. The summed E-state index contributed by atoms with van der Waals surface area (Å²) in [5.74, 6) is -0.660. The van der Waals surface area contributed by atoms with Crippen LogP contribution >= 0.6 is 0 Å². The van der Waals surface area contributed by atoms with Crippen molar-refractivity contribution in [1.29, 1.82) is 0 Å². The highest BCUT2D eigenvalue weighted by Crippen LogP contribution is 2.04. The number of aromatic nitrogens is 2. The molecule has 0 aliphatic rings. The third kappa shape index (κ3) is 4.17. The Balaban J connectivity index is 1.68. The Hall–Kier alpha value is -3.28. The number of halogens is 1. The number of rotatable bonds is 5. The van der Waals surface area contributed by atoms with E-state index in [2.05, 4.69) is 10.4 Å². The molecule has 0 spiro atoms. The van der Waals surface area contributed by atoms with Crippen molar-refractivity contribution >= 4 is 5.91 Å². The van der Waals surface area contributed by atoms with Gasteiger partial charge in [-0.15, -0.1) is 0 Å². The van der Waals surface area contributed by atoms with Crippen LogP contribution in [0.4, 0.5) is 4.39 Å². The summed E-state index contributed by atoms with van der Waals surface area (Å²) in [6, 6.07) is 17.7. The van der Waals surface area contributed by atoms with E-state index in [-0.39, 0.29) is 23.0 Å².